The Morgan fingerprint density at radius 3 is 2.60 bits per heavy atom. The van der Waals surface area contributed by atoms with E-state index >= 15 is 0 Å². The van der Waals surface area contributed by atoms with Crippen LogP contribution in [0.15, 0.2) is 52.9 Å². The number of phenols is 1. The van der Waals surface area contributed by atoms with Gasteiger partial charge in [0.15, 0.2) is 0 Å². The van der Waals surface area contributed by atoms with Crippen molar-refractivity contribution < 1.29 is 19.4 Å². The molecule has 2 aromatic carbocycles. The molecule has 0 bridgehead atoms. The van der Waals surface area contributed by atoms with E-state index in [9.17, 15) is 10.2 Å². The van der Waals surface area contributed by atoms with E-state index in [-0.39, 0.29) is 11.5 Å². The zero-order valence-electron chi connectivity index (χ0n) is 10.8. The topological polar surface area (TPSA) is 61.0 Å². The van der Waals surface area contributed by atoms with Gasteiger partial charge < -0.3 is 14.9 Å². The molecular formula is C16H13O4+. The van der Waals surface area contributed by atoms with E-state index in [1.807, 2.05) is 0 Å². The standard InChI is InChI=1S/C16H12O4/c1-19-12-5-6-13-14(18)9-15(20-16(13)8-12)10-3-2-4-11(17)7-10/h2-9H,1H3,(H-,17,18)/p+1. The predicted molar refractivity (Wildman–Crippen MR) is 75.9 cm³/mol. The van der Waals surface area contributed by atoms with Crippen molar-refractivity contribution in [1.82, 2.24) is 0 Å². The molecule has 4 nitrogen and oxygen atoms in total. The Bertz CT molecular complexity index is 781. The Morgan fingerprint density at radius 2 is 1.85 bits per heavy atom. The Balaban J connectivity index is 2.22. The molecule has 4 heteroatoms. The van der Waals surface area contributed by atoms with Crippen molar-refractivity contribution in [2.75, 3.05) is 7.11 Å². The molecule has 100 valence electrons. The lowest BCUT2D eigenvalue weighted by Crippen LogP contribution is -1.84. The SMILES string of the molecule is COc1ccc2c(O)cc(-c3cccc(O)c3)[o+]c2c1. The van der Waals surface area contributed by atoms with Crippen LogP contribution in [-0.2, 0) is 0 Å². The summed E-state index contributed by atoms with van der Waals surface area (Å²) >= 11 is 0. The first-order valence-corrected chi connectivity index (χ1v) is 6.10. The third kappa shape index (κ3) is 2.12. The Hall–Kier alpha value is -2.75. The summed E-state index contributed by atoms with van der Waals surface area (Å²) in [5, 5.41) is 20.2. The van der Waals surface area contributed by atoms with E-state index in [0.717, 1.165) is 0 Å². The van der Waals surface area contributed by atoms with Crippen molar-refractivity contribution in [3.8, 4) is 28.6 Å². The quantitative estimate of drug-likeness (QED) is 0.695. The third-order valence-corrected chi connectivity index (χ3v) is 3.08. The molecule has 1 aromatic heterocycles. The lowest BCUT2D eigenvalue weighted by molar-refractivity contribution is 0.414. The van der Waals surface area contributed by atoms with Crippen molar-refractivity contribution in [2.24, 2.45) is 0 Å². The third-order valence-electron chi connectivity index (χ3n) is 3.08. The summed E-state index contributed by atoms with van der Waals surface area (Å²) in [7, 11) is 1.57. The van der Waals surface area contributed by atoms with Crippen molar-refractivity contribution in [2.45, 2.75) is 0 Å². The number of ether oxygens (including phenoxy) is 1. The van der Waals surface area contributed by atoms with Crippen LogP contribution in [0.2, 0.25) is 0 Å². The fraction of sp³-hybridized carbons (Fsp3) is 0.0625. The zero-order chi connectivity index (χ0) is 14.1. The second-order valence-corrected chi connectivity index (χ2v) is 4.41. The molecule has 0 saturated carbocycles. The van der Waals surface area contributed by atoms with E-state index < -0.39 is 0 Å². The van der Waals surface area contributed by atoms with Crippen LogP contribution < -0.4 is 4.74 Å². The molecule has 0 aliphatic carbocycles. The second kappa shape index (κ2) is 4.74. The van der Waals surface area contributed by atoms with Gasteiger partial charge in [0.2, 0.25) is 0 Å². The number of hydrogen-bond acceptors (Lipinski definition) is 3. The normalized spacial score (nSPS) is 10.7. The van der Waals surface area contributed by atoms with Gasteiger partial charge >= 0.3 is 11.3 Å². The van der Waals surface area contributed by atoms with Crippen LogP contribution in [0.25, 0.3) is 22.3 Å². The maximum absolute atomic E-state index is 10.1. The molecule has 0 atom stereocenters. The highest BCUT2D eigenvalue weighted by molar-refractivity contribution is 5.86. The fourth-order valence-electron chi connectivity index (χ4n) is 2.08. The van der Waals surface area contributed by atoms with Crippen LogP contribution in [0.3, 0.4) is 0 Å². The molecule has 0 fully saturated rings. The molecular weight excluding hydrogens is 256 g/mol. The molecule has 3 rings (SSSR count). The van der Waals surface area contributed by atoms with Crippen LogP contribution in [0.5, 0.6) is 17.2 Å². The van der Waals surface area contributed by atoms with Crippen molar-refractivity contribution in [3.63, 3.8) is 0 Å². The van der Waals surface area contributed by atoms with Gasteiger partial charge in [-0.15, -0.1) is 0 Å². The monoisotopic (exact) mass is 269 g/mol. The summed E-state index contributed by atoms with van der Waals surface area (Å²) in [6.07, 6.45) is 0. The average molecular weight is 269 g/mol. The van der Waals surface area contributed by atoms with Gasteiger partial charge in [-0.2, -0.15) is 0 Å². The smallest absolute Gasteiger partial charge is 0.368 e. The summed E-state index contributed by atoms with van der Waals surface area (Å²) < 4.78 is 10.9. The maximum Gasteiger partial charge on any atom is 0.368 e. The van der Waals surface area contributed by atoms with E-state index in [1.54, 1.807) is 49.6 Å². The Labute approximate surface area is 115 Å². The summed E-state index contributed by atoms with van der Waals surface area (Å²) in [5.74, 6) is 1.38. The van der Waals surface area contributed by atoms with Gasteiger partial charge in [-0.1, -0.05) is 6.07 Å². The van der Waals surface area contributed by atoms with Crippen LogP contribution in [-0.4, -0.2) is 17.3 Å². The molecule has 0 radical (unpaired) electrons. The summed E-state index contributed by atoms with van der Waals surface area (Å²) in [6, 6.07) is 13.4. The van der Waals surface area contributed by atoms with Crippen molar-refractivity contribution in [3.05, 3.63) is 48.5 Å². The van der Waals surface area contributed by atoms with Crippen molar-refractivity contribution >= 4 is 11.0 Å². The first-order chi connectivity index (χ1) is 9.67. The van der Waals surface area contributed by atoms with Gasteiger partial charge in [0.25, 0.3) is 0 Å². The molecule has 3 aromatic rings. The minimum absolute atomic E-state index is 0.118. The van der Waals surface area contributed by atoms with E-state index in [1.165, 1.54) is 6.07 Å². The fourth-order valence-corrected chi connectivity index (χ4v) is 2.08. The zero-order valence-corrected chi connectivity index (χ0v) is 10.8. The Kier molecular flexibility index (Phi) is 2.91. The summed E-state index contributed by atoms with van der Waals surface area (Å²) in [4.78, 5) is 0. The maximum atomic E-state index is 10.1. The molecule has 1 heterocycles. The van der Waals surface area contributed by atoms with Crippen LogP contribution in [0.4, 0.5) is 0 Å². The molecule has 0 amide bonds. The predicted octanol–water partition coefficient (Wildman–Crippen LogP) is 3.80. The highest BCUT2D eigenvalue weighted by Gasteiger charge is 2.19. The lowest BCUT2D eigenvalue weighted by atomic mass is 10.1. The Morgan fingerprint density at radius 1 is 1.00 bits per heavy atom. The van der Waals surface area contributed by atoms with Gasteiger partial charge in [0.05, 0.1) is 24.8 Å². The van der Waals surface area contributed by atoms with Gasteiger partial charge in [0, 0.05) is 0 Å². The minimum atomic E-state index is 0.118. The molecule has 0 spiro atoms. The molecule has 0 aliphatic heterocycles. The molecule has 0 unspecified atom stereocenters. The molecule has 2 N–H and O–H groups in total. The number of methoxy groups -OCH3 is 1. The van der Waals surface area contributed by atoms with Gasteiger partial charge in [-0.05, 0) is 30.3 Å². The number of fused-ring (bicyclic) bond motifs is 1. The number of phenolic OH excluding ortho intramolecular Hbond substituents is 1. The van der Waals surface area contributed by atoms with Crippen LogP contribution in [0, 0.1) is 0 Å². The van der Waals surface area contributed by atoms with Crippen molar-refractivity contribution in [1.29, 1.82) is 0 Å². The van der Waals surface area contributed by atoms with Gasteiger partial charge in [-0.3, -0.25) is 0 Å². The second-order valence-electron chi connectivity index (χ2n) is 4.41. The largest absolute Gasteiger partial charge is 0.508 e. The number of benzene rings is 2. The molecule has 20 heavy (non-hydrogen) atoms. The minimum Gasteiger partial charge on any atom is -0.508 e. The first kappa shape index (κ1) is 12.3. The highest BCUT2D eigenvalue weighted by atomic mass is 16.5. The van der Waals surface area contributed by atoms with E-state index in [2.05, 4.69) is 0 Å². The van der Waals surface area contributed by atoms with E-state index in [4.69, 9.17) is 9.15 Å². The number of aromatic hydroxyl groups is 2. The molecule has 0 saturated heterocycles. The number of hydrogen-bond donors (Lipinski definition) is 2. The molecule has 0 aliphatic rings. The number of rotatable bonds is 2. The summed E-state index contributed by atoms with van der Waals surface area (Å²) in [5.41, 5.74) is 1.20. The van der Waals surface area contributed by atoms with E-state index in [0.29, 0.717) is 28.0 Å². The average Bonchev–Trinajstić information content (AvgIpc) is 2.46. The summed E-state index contributed by atoms with van der Waals surface area (Å²) in [6.45, 7) is 0. The van der Waals surface area contributed by atoms with Crippen LogP contribution >= 0.6 is 0 Å². The van der Waals surface area contributed by atoms with Gasteiger partial charge in [0.1, 0.15) is 22.6 Å². The first-order valence-electron chi connectivity index (χ1n) is 6.10. The highest BCUT2D eigenvalue weighted by Crippen LogP contribution is 2.34. The van der Waals surface area contributed by atoms with Gasteiger partial charge in [-0.25, -0.2) is 4.42 Å². The van der Waals surface area contributed by atoms with Crippen LogP contribution in [0.1, 0.15) is 0 Å². The lowest BCUT2D eigenvalue weighted by Gasteiger charge is -2.00.